The van der Waals surface area contributed by atoms with Crippen LogP contribution in [0.2, 0.25) is 0 Å². The maximum absolute atomic E-state index is 5.83. The van der Waals surface area contributed by atoms with E-state index in [2.05, 4.69) is 44.9 Å². The van der Waals surface area contributed by atoms with Gasteiger partial charge in [-0.1, -0.05) is 26.0 Å². The zero-order chi connectivity index (χ0) is 10.7. The van der Waals surface area contributed by atoms with Crippen molar-refractivity contribution >= 4 is 0 Å². The highest BCUT2D eigenvalue weighted by Crippen LogP contribution is 2.19. The largest absolute Gasteiger partial charge is 0.324 e. The van der Waals surface area contributed by atoms with Crippen LogP contribution in [-0.2, 0) is 0 Å². The molecule has 0 fully saturated rings. The number of hydrogen-bond acceptors (Lipinski definition) is 2. The van der Waals surface area contributed by atoms with E-state index in [1.165, 1.54) is 0 Å². The lowest BCUT2D eigenvalue weighted by atomic mass is 10.0. The van der Waals surface area contributed by atoms with Gasteiger partial charge < -0.3 is 10.6 Å². The van der Waals surface area contributed by atoms with E-state index >= 15 is 0 Å². The summed E-state index contributed by atoms with van der Waals surface area (Å²) in [4.78, 5) is 2.44. The van der Waals surface area contributed by atoms with Crippen LogP contribution in [0.25, 0.3) is 0 Å². The van der Waals surface area contributed by atoms with Crippen LogP contribution in [0.15, 0.2) is 12.2 Å². The Kier molecular flexibility index (Phi) is 4.14. The molecular weight excluding hydrogens is 172 g/mol. The van der Waals surface area contributed by atoms with Gasteiger partial charge in [0, 0.05) is 18.6 Å². The summed E-state index contributed by atoms with van der Waals surface area (Å²) in [6, 6.07) is 0.947. The molecule has 2 N–H and O–H groups in total. The summed E-state index contributed by atoms with van der Waals surface area (Å²) in [6.07, 6.45) is 5.53. The third kappa shape index (κ3) is 3.10. The van der Waals surface area contributed by atoms with E-state index in [-0.39, 0.29) is 0 Å². The normalized spacial score (nSPS) is 29.1. The Bertz CT molecular complexity index is 198. The number of rotatable bonds is 4. The van der Waals surface area contributed by atoms with E-state index in [1.807, 2.05) is 0 Å². The molecule has 0 saturated carbocycles. The van der Waals surface area contributed by atoms with E-state index in [9.17, 15) is 0 Å². The standard InChI is InChI=1S/C12H24N2/c1-9(2)10(3)14(4)8-11-5-6-12(13)7-11/h5-6,9-12H,7-8,13H2,1-4H3. The summed E-state index contributed by atoms with van der Waals surface area (Å²) in [5, 5.41) is 0. The van der Waals surface area contributed by atoms with Crippen molar-refractivity contribution in [2.45, 2.75) is 39.3 Å². The molecule has 0 aromatic rings. The van der Waals surface area contributed by atoms with Gasteiger partial charge in [-0.3, -0.25) is 0 Å². The molecule has 0 spiro atoms. The van der Waals surface area contributed by atoms with E-state index in [4.69, 9.17) is 5.73 Å². The molecular formula is C12H24N2. The Labute approximate surface area is 88.2 Å². The molecule has 2 nitrogen and oxygen atoms in total. The van der Waals surface area contributed by atoms with Crippen LogP contribution in [0.1, 0.15) is 27.2 Å². The van der Waals surface area contributed by atoms with E-state index < -0.39 is 0 Å². The highest BCUT2D eigenvalue weighted by molar-refractivity contribution is 5.05. The summed E-state index contributed by atoms with van der Waals surface area (Å²) in [7, 11) is 2.21. The Morgan fingerprint density at radius 3 is 2.43 bits per heavy atom. The molecule has 82 valence electrons. The summed E-state index contributed by atoms with van der Waals surface area (Å²) >= 11 is 0. The molecule has 1 aliphatic carbocycles. The molecule has 0 aromatic carbocycles. The number of hydrogen-bond donors (Lipinski definition) is 1. The third-order valence-corrected chi connectivity index (χ3v) is 3.39. The Morgan fingerprint density at radius 1 is 1.36 bits per heavy atom. The minimum Gasteiger partial charge on any atom is -0.324 e. The first-order chi connectivity index (χ1) is 6.50. The van der Waals surface area contributed by atoms with E-state index in [1.54, 1.807) is 0 Å². The van der Waals surface area contributed by atoms with Crippen LogP contribution in [0.4, 0.5) is 0 Å². The fraction of sp³-hybridized carbons (Fsp3) is 0.833. The highest BCUT2D eigenvalue weighted by atomic mass is 15.1. The molecule has 3 unspecified atom stereocenters. The van der Waals surface area contributed by atoms with Gasteiger partial charge in [-0.15, -0.1) is 0 Å². The zero-order valence-corrected chi connectivity index (χ0v) is 9.90. The highest BCUT2D eigenvalue weighted by Gasteiger charge is 2.20. The fourth-order valence-corrected chi connectivity index (χ4v) is 1.99. The van der Waals surface area contributed by atoms with Gasteiger partial charge >= 0.3 is 0 Å². The van der Waals surface area contributed by atoms with Crippen molar-refractivity contribution < 1.29 is 0 Å². The van der Waals surface area contributed by atoms with Crippen LogP contribution in [0.5, 0.6) is 0 Å². The van der Waals surface area contributed by atoms with Crippen molar-refractivity contribution in [3.05, 3.63) is 12.2 Å². The predicted molar refractivity (Wildman–Crippen MR) is 62.2 cm³/mol. The van der Waals surface area contributed by atoms with Crippen LogP contribution >= 0.6 is 0 Å². The Hall–Kier alpha value is -0.340. The maximum atomic E-state index is 5.83. The van der Waals surface area contributed by atoms with Crippen molar-refractivity contribution in [1.29, 1.82) is 0 Å². The number of nitrogens with two attached hydrogens (primary N) is 1. The quantitative estimate of drug-likeness (QED) is 0.695. The second-order valence-electron chi connectivity index (χ2n) is 4.97. The smallest absolute Gasteiger partial charge is 0.0229 e. The summed E-state index contributed by atoms with van der Waals surface area (Å²) in [5.41, 5.74) is 5.83. The Morgan fingerprint density at radius 2 is 2.00 bits per heavy atom. The van der Waals surface area contributed by atoms with Crippen LogP contribution < -0.4 is 5.73 Å². The molecule has 1 rings (SSSR count). The average Bonchev–Trinajstić information content (AvgIpc) is 2.49. The maximum Gasteiger partial charge on any atom is 0.0229 e. The molecule has 0 aliphatic heterocycles. The topological polar surface area (TPSA) is 29.3 Å². The molecule has 3 atom stereocenters. The fourth-order valence-electron chi connectivity index (χ4n) is 1.99. The molecule has 14 heavy (non-hydrogen) atoms. The zero-order valence-electron chi connectivity index (χ0n) is 9.90. The lowest BCUT2D eigenvalue weighted by Crippen LogP contribution is -2.36. The average molecular weight is 196 g/mol. The molecule has 1 aliphatic rings. The van der Waals surface area contributed by atoms with Crippen molar-refractivity contribution in [2.75, 3.05) is 13.6 Å². The van der Waals surface area contributed by atoms with E-state index in [0.29, 0.717) is 18.0 Å². The lowest BCUT2D eigenvalue weighted by Gasteiger charge is -2.29. The van der Waals surface area contributed by atoms with Crippen molar-refractivity contribution in [3.63, 3.8) is 0 Å². The van der Waals surface area contributed by atoms with Gasteiger partial charge in [-0.2, -0.15) is 0 Å². The first kappa shape index (κ1) is 11.7. The molecule has 0 radical (unpaired) electrons. The summed E-state index contributed by atoms with van der Waals surface area (Å²) in [6.45, 7) is 7.99. The third-order valence-electron chi connectivity index (χ3n) is 3.39. The van der Waals surface area contributed by atoms with Crippen LogP contribution in [0, 0.1) is 11.8 Å². The first-order valence-electron chi connectivity index (χ1n) is 5.65. The molecule has 0 heterocycles. The van der Waals surface area contributed by atoms with Crippen LogP contribution in [0.3, 0.4) is 0 Å². The van der Waals surface area contributed by atoms with Gasteiger partial charge in [0.1, 0.15) is 0 Å². The van der Waals surface area contributed by atoms with Crippen LogP contribution in [-0.4, -0.2) is 30.6 Å². The van der Waals surface area contributed by atoms with Gasteiger partial charge in [0.05, 0.1) is 0 Å². The van der Waals surface area contributed by atoms with Gasteiger partial charge in [0.15, 0.2) is 0 Å². The van der Waals surface area contributed by atoms with E-state index in [0.717, 1.165) is 18.9 Å². The molecule has 0 aromatic heterocycles. The van der Waals surface area contributed by atoms with Gasteiger partial charge in [0.25, 0.3) is 0 Å². The minimum absolute atomic E-state index is 0.294. The Balaban J connectivity index is 2.34. The summed E-state index contributed by atoms with van der Waals surface area (Å²) < 4.78 is 0. The van der Waals surface area contributed by atoms with Crippen molar-refractivity contribution in [2.24, 2.45) is 17.6 Å². The lowest BCUT2D eigenvalue weighted by molar-refractivity contribution is 0.189. The number of nitrogens with zero attached hydrogens (tertiary/aromatic N) is 1. The molecule has 0 saturated heterocycles. The van der Waals surface area contributed by atoms with Gasteiger partial charge in [0.2, 0.25) is 0 Å². The molecule has 0 amide bonds. The van der Waals surface area contributed by atoms with Gasteiger partial charge in [-0.05, 0) is 32.2 Å². The summed E-state index contributed by atoms with van der Waals surface area (Å²) in [5.74, 6) is 1.38. The van der Waals surface area contributed by atoms with Crippen molar-refractivity contribution in [1.82, 2.24) is 4.90 Å². The predicted octanol–water partition coefficient (Wildman–Crippen LogP) is 1.87. The SMILES string of the molecule is CC(C)C(C)N(C)CC1C=CC(N)C1. The van der Waals surface area contributed by atoms with Gasteiger partial charge in [-0.25, -0.2) is 0 Å². The van der Waals surface area contributed by atoms with Crippen molar-refractivity contribution in [3.8, 4) is 0 Å². The second-order valence-corrected chi connectivity index (χ2v) is 4.97. The second kappa shape index (κ2) is 4.94. The first-order valence-corrected chi connectivity index (χ1v) is 5.65. The molecule has 2 heteroatoms. The molecule has 0 bridgehead atoms. The minimum atomic E-state index is 0.294. The monoisotopic (exact) mass is 196 g/mol.